The predicted molar refractivity (Wildman–Crippen MR) is 122 cm³/mol. The second-order valence-corrected chi connectivity index (χ2v) is 8.36. The summed E-state index contributed by atoms with van der Waals surface area (Å²) in [5, 5.41) is 15.9. The number of rotatable bonds is 6. The van der Waals surface area contributed by atoms with E-state index in [0.717, 1.165) is 31.9 Å². The number of hydrogen-bond donors (Lipinski definition) is 3. The molecule has 0 saturated heterocycles. The molecule has 0 aliphatic heterocycles. The van der Waals surface area contributed by atoms with Crippen molar-refractivity contribution in [1.82, 2.24) is 15.3 Å². The Bertz CT molecular complexity index is 1270. The summed E-state index contributed by atoms with van der Waals surface area (Å²) in [7, 11) is 0. The number of aliphatic carboxylic acids is 1. The third-order valence-corrected chi connectivity index (χ3v) is 5.87. The highest BCUT2D eigenvalue weighted by Crippen LogP contribution is 2.41. The van der Waals surface area contributed by atoms with Gasteiger partial charge in [-0.3, -0.25) is 9.59 Å². The normalized spacial score (nSPS) is 10.8. The van der Waals surface area contributed by atoms with Crippen LogP contribution in [0.4, 0.5) is 11.5 Å². The lowest BCUT2D eigenvalue weighted by molar-refractivity contribution is -0.135. The zero-order valence-electron chi connectivity index (χ0n) is 16.3. The fraction of sp³-hybridized carbons (Fsp3) is 0.0909. The molecular weight excluding hydrogens is 436 g/mol. The van der Waals surface area contributed by atoms with Crippen molar-refractivity contribution < 1.29 is 14.7 Å². The fourth-order valence-electron chi connectivity index (χ4n) is 3.20. The number of benzene rings is 2. The van der Waals surface area contributed by atoms with E-state index in [4.69, 9.17) is 16.7 Å². The third kappa shape index (κ3) is 4.50. The molecule has 0 aliphatic rings. The number of carboxylic acid groups (broad SMARTS) is 1. The van der Waals surface area contributed by atoms with Gasteiger partial charge in [0.05, 0.1) is 5.39 Å². The minimum Gasteiger partial charge on any atom is -0.480 e. The highest BCUT2D eigenvalue weighted by Gasteiger charge is 2.17. The molecule has 7 nitrogen and oxygen atoms in total. The van der Waals surface area contributed by atoms with E-state index in [0.29, 0.717) is 16.4 Å². The molecule has 156 valence electrons. The maximum absolute atomic E-state index is 12.0. The van der Waals surface area contributed by atoms with E-state index in [1.165, 1.54) is 6.33 Å². The molecule has 1 amide bonds. The Morgan fingerprint density at radius 2 is 1.77 bits per heavy atom. The van der Waals surface area contributed by atoms with Gasteiger partial charge in [0.15, 0.2) is 0 Å². The monoisotopic (exact) mass is 452 g/mol. The van der Waals surface area contributed by atoms with E-state index in [1.807, 2.05) is 31.2 Å². The van der Waals surface area contributed by atoms with Crippen molar-refractivity contribution in [3.05, 3.63) is 70.3 Å². The Morgan fingerprint density at radius 1 is 1.06 bits per heavy atom. The molecule has 0 bridgehead atoms. The molecule has 0 saturated carbocycles. The highest BCUT2D eigenvalue weighted by molar-refractivity contribution is 7.19. The molecule has 2 aromatic carbocycles. The van der Waals surface area contributed by atoms with Crippen LogP contribution in [0.3, 0.4) is 0 Å². The maximum Gasteiger partial charge on any atom is 0.322 e. The van der Waals surface area contributed by atoms with Crippen molar-refractivity contribution in [3.63, 3.8) is 0 Å². The van der Waals surface area contributed by atoms with Crippen LogP contribution >= 0.6 is 22.9 Å². The van der Waals surface area contributed by atoms with Gasteiger partial charge in [0.2, 0.25) is 0 Å². The quantitative estimate of drug-likeness (QED) is 0.385. The summed E-state index contributed by atoms with van der Waals surface area (Å²) < 4.78 is 0. The molecule has 0 aliphatic carbocycles. The van der Waals surface area contributed by atoms with E-state index in [9.17, 15) is 9.59 Å². The van der Waals surface area contributed by atoms with Crippen LogP contribution in [0.5, 0.6) is 0 Å². The van der Waals surface area contributed by atoms with Gasteiger partial charge < -0.3 is 15.7 Å². The lowest BCUT2D eigenvalue weighted by Gasteiger charge is -2.10. The summed E-state index contributed by atoms with van der Waals surface area (Å²) in [6, 6.07) is 14.4. The largest absolute Gasteiger partial charge is 0.480 e. The fourth-order valence-corrected chi connectivity index (χ4v) is 4.34. The molecule has 9 heteroatoms. The molecule has 2 heterocycles. The van der Waals surface area contributed by atoms with Crippen molar-refractivity contribution in [2.24, 2.45) is 0 Å². The zero-order chi connectivity index (χ0) is 22.0. The van der Waals surface area contributed by atoms with Gasteiger partial charge in [0.1, 0.15) is 23.5 Å². The average molecular weight is 453 g/mol. The number of carbonyl (C=O) groups is 2. The van der Waals surface area contributed by atoms with Crippen LogP contribution in [0.15, 0.2) is 54.9 Å². The summed E-state index contributed by atoms with van der Waals surface area (Å²) in [6.07, 6.45) is 1.51. The molecule has 0 radical (unpaired) electrons. The number of thiophene rings is 1. The van der Waals surface area contributed by atoms with Gasteiger partial charge in [0.25, 0.3) is 5.91 Å². The second kappa shape index (κ2) is 8.71. The number of aryl methyl sites for hydroxylation is 1. The predicted octanol–water partition coefficient (Wildman–Crippen LogP) is 4.88. The number of carbonyl (C=O) groups excluding carboxylic acids is 1. The van der Waals surface area contributed by atoms with Gasteiger partial charge >= 0.3 is 5.97 Å². The van der Waals surface area contributed by atoms with Crippen molar-refractivity contribution in [2.75, 3.05) is 11.9 Å². The first-order valence-corrected chi connectivity index (χ1v) is 10.5. The molecule has 0 fully saturated rings. The smallest absolute Gasteiger partial charge is 0.322 e. The SMILES string of the molecule is Cc1sc2ncnc(Nc3ccc(C(=O)NCC(=O)O)cc3)c2c1-c1ccc(Cl)cc1. The van der Waals surface area contributed by atoms with Crippen LogP contribution in [0.1, 0.15) is 15.2 Å². The number of hydrogen-bond acceptors (Lipinski definition) is 6. The van der Waals surface area contributed by atoms with Crippen LogP contribution in [0.25, 0.3) is 21.3 Å². The summed E-state index contributed by atoms with van der Waals surface area (Å²) in [6.45, 7) is 1.62. The zero-order valence-corrected chi connectivity index (χ0v) is 17.9. The molecule has 0 spiro atoms. The van der Waals surface area contributed by atoms with E-state index >= 15 is 0 Å². The highest BCUT2D eigenvalue weighted by atomic mass is 35.5. The van der Waals surface area contributed by atoms with Gasteiger partial charge in [-0.25, -0.2) is 9.97 Å². The van der Waals surface area contributed by atoms with Gasteiger partial charge in [0, 0.05) is 26.7 Å². The number of nitrogens with one attached hydrogen (secondary N) is 2. The Balaban J connectivity index is 1.65. The van der Waals surface area contributed by atoms with Crippen LogP contribution < -0.4 is 10.6 Å². The molecule has 2 aromatic heterocycles. The van der Waals surface area contributed by atoms with Crippen LogP contribution in [0, 0.1) is 6.92 Å². The van der Waals surface area contributed by atoms with Gasteiger partial charge in [-0.1, -0.05) is 23.7 Å². The summed E-state index contributed by atoms with van der Waals surface area (Å²) >= 11 is 7.64. The number of fused-ring (bicyclic) bond motifs is 1. The first kappa shape index (κ1) is 20.8. The minimum absolute atomic E-state index is 0.368. The first-order chi connectivity index (χ1) is 14.9. The first-order valence-electron chi connectivity index (χ1n) is 9.29. The van der Waals surface area contributed by atoms with Crippen LogP contribution in [-0.2, 0) is 4.79 Å². The molecule has 4 rings (SSSR count). The number of amides is 1. The van der Waals surface area contributed by atoms with Crippen molar-refractivity contribution >= 4 is 56.5 Å². The van der Waals surface area contributed by atoms with Crippen molar-refractivity contribution in [3.8, 4) is 11.1 Å². The number of aromatic nitrogens is 2. The summed E-state index contributed by atoms with van der Waals surface area (Å²) in [4.78, 5) is 33.4. The van der Waals surface area contributed by atoms with E-state index in [1.54, 1.807) is 35.6 Å². The van der Waals surface area contributed by atoms with Crippen molar-refractivity contribution in [1.29, 1.82) is 0 Å². The standard InChI is InChI=1S/C22H17ClN4O3S/c1-12-18(13-2-6-15(23)7-3-13)19-20(25-11-26-22(19)31-12)27-16-8-4-14(5-9-16)21(30)24-10-17(28)29/h2-9,11H,10H2,1H3,(H,24,30)(H,28,29)(H,25,26,27). The number of carboxylic acids is 1. The van der Waals surface area contributed by atoms with Gasteiger partial charge in [-0.2, -0.15) is 0 Å². The second-order valence-electron chi connectivity index (χ2n) is 6.72. The average Bonchev–Trinajstić information content (AvgIpc) is 3.10. The van der Waals surface area contributed by atoms with E-state index in [2.05, 4.69) is 20.6 Å². The Hall–Kier alpha value is -3.49. The number of halogens is 1. The number of nitrogens with zero attached hydrogens (tertiary/aromatic N) is 2. The summed E-state index contributed by atoms with van der Waals surface area (Å²) in [5.41, 5.74) is 3.18. The Morgan fingerprint density at radius 3 is 2.45 bits per heavy atom. The maximum atomic E-state index is 12.0. The Kier molecular flexibility index (Phi) is 5.83. The molecule has 0 atom stereocenters. The lowest BCUT2D eigenvalue weighted by Crippen LogP contribution is -2.29. The van der Waals surface area contributed by atoms with E-state index in [-0.39, 0.29) is 0 Å². The van der Waals surface area contributed by atoms with E-state index < -0.39 is 18.4 Å². The van der Waals surface area contributed by atoms with Crippen LogP contribution in [-0.4, -0.2) is 33.5 Å². The van der Waals surface area contributed by atoms with Crippen LogP contribution in [0.2, 0.25) is 5.02 Å². The molecule has 0 unspecified atom stereocenters. The van der Waals surface area contributed by atoms with Gasteiger partial charge in [-0.05, 0) is 48.9 Å². The third-order valence-electron chi connectivity index (χ3n) is 4.61. The molecule has 3 N–H and O–H groups in total. The molecule has 4 aromatic rings. The topological polar surface area (TPSA) is 104 Å². The van der Waals surface area contributed by atoms with Gasteiger partial charge in [-0.15, -0.1) is 11.3 Å². The Labute approximate surface area is 186 Å². The number of anilines is 2. The van der Waals surface area contributed by atoms with Crippen molar-refractivity contribution in [2.45, 2.75) is 6.92 Å². The lowest BCUT2D eigenvalue weighted by atomic mass is 10.0. The molecule has 31 heavy (non-hydrogen) atoms. The summed E-state index contributed by atoms with van der Waals surface area (Å²) in [5.74, 6) is -0.888. The minimum atomic E-state index is -1.10. The molecular formula is C22H17ClN4O3S.